The first-order valence-corrected chi connectivity index (χ1v) is 9.71. The summed E-state index contributed by atoms with van der Waals surface area (Å²) in [5, 5.41) is 3.11. The van der Waals surface area contributed by atoms with Gasteiger partial charge in [-0.25, -0.2) is 9.78 Å². The number of amides is 1. The third-order valence-corrected chi connectivity index (χ3v) is 5.17. The molecule has 0 fully saturated rings. The second-order valence-electron chi connectivity index (χ2n) is 6.80. The molecule has 4 rings (SSSR count). The predicted molar refractivity (Wildman–Crippen MR) is 114 cm³/mol. The summed E-state index contributed by atoms with van der Waals surface area (Å²) in [5.41, 5.74) is 6.51. The van der Waals surface area contributed by atoms with Gasteiger partial charge in [-0.2, -0.15) is 0 Å². The molecule has 0 aliphatic heterocycles. The van der Waals surface area contributed by atoms with E-state index in [4.69, 9.17) is 16.3 Å². The Morgan fingerprint density at radius 3 is 2.45 bits per heavy atom. The zero-order valence-corrected chi connectivity index (χ0v) is 16.7. The van der Waals surface area contributed by atoms with Crippen LogP contribution in [0.4, 0.5) is 4.79 Å². The Morgan fingerprint density at radius 1 is 1.14 bits per heavy atom. The summed E-state index contributed by atoms with van der Waals surface area (Å²) in [6.45, 7) is 2.39. The van der Waals surface area contributed by atoms with E-state index < -0.39 is 6.09 Å². The Labute approximate surface area is 174 Å². The van der Waals surface area contributed by atoms with Gasteiger partial charge in [-0.1, -0.05) is 72.0 Å². The summed E-state index contributed by atoms with van der Waals surface area (Å²) in [6.07, 6.45) is 1.14. The number of carbonyl (C=O) groups is 1. The van der Waals surface area contributed by atoms with Crippen LogP contribution in [-0.2, 0) is 4.74 Å². The van der Waals surface area contributed by atoms with Gasteiger partial charge in [0.1, 0.15) is 11.8 Å². The van der Waals surface area contributed by atoms with Crippen molar-refractivity contribution in [2.45, 2.75) is 12.8 Å². The molecular weight excluding hydrogens is 384 g/mol. The number of alkyl carbamates (subject to hydrolysis) is 1. The summed E-state index contributed by atoms with van der Waals surface area (Å²) in [5.74, 6) is 5.93. The molecule has 2 aromatic carbocycles. The van der Waals surface area contributed by atoms with Crippen molar-refractivity contribution in [3.8, 4) is 23.0 Å². The molecule has 1 amide bonds. The van der Waals surface area contributed by atoms with Crippen molar-refractivity contribution < 1.29 is 9.53 Å². The summed E-state index contributed by atoms with van der Waals surface area (Å²) in [4.78, 5) is 16.1. The second-order valence-corrected chi connectivity index (χ2v) is 7.19. The van der Waals surface area contributed by atoms with Crippen molar-refractivity contribution >= 4 is 17.7 Å². The number of benzene rings is 2. The number of hydrogen-bond acceptors (Lipinski definition) is 3. The lowest BCUT2D eigenvalue weighted by molar-refractivity contribution is 0.144. The quantitative estimate of drug-likeness (QED) is 0.499. The molecule has 5 heteroatoms. The number of nitrogens with one attached hydrogen (secondary N) is 1. The van der Waals surface area contributed by atoms with Crippen LogP contribution < -0.4 is 5.32 Å². The smallest absolute Gasteiger partial charge is 0.407 e. The highest BCUT2D eigenvalue weighted by Gasteiger charge is 2.28. The Morgan fingerprint density at radius 2 is 1.79 bits per heavy atom. The van der Waals surface area contributed by atoms with Gasteiger partial charge in [-0.3, -0.25) is 0 Å². The lowest BCUT2D eigenvalue weighted by Gasteiger charge is -2.14. The molecule has 144 valence electrons. The maximum Gasteiger partial charge on any atom is 0.407 e. The van der Waals surface area contributed by atoms with E-state index in [-0.39, 0.29) is 19.1 Å². The monoisotopic (exact) mass is 402 g/mol. The molecule has 1 heterocycles. The molecule has 1 aliphatic rings. The number of aromatic nitrogens is 1. The van der Waals surface area contributed by atoms with Crippen LogP contribution in [0.5, 0.6) is 0 Å². The van der Waals surface area contributed by atoms with Crippen LogP contribution in [0.3, 0.4) is 0 Å². The lowest BCUT2D eigenvalue weighted by Crippen LogP contribution is -2.26. The molecule has 0 bridgehead atoms. The fraction of sp³-hybridized carbons (Fsp3) is 0.167. The molecule has 4 nitrogen and oxygen atoms in total. The van der Waals surface area contributed by atoms with Gasteiger partial charge in [0.15, 0.2) is 0 Å². The fourth-order valence-electron chi connectivity index (χ4n) is 3.56. The molecule has 0 saturated heterocycles. The van der Waals surface area contributed by atoms with Gasteiger partial charge in [-0.05, 0) is 40.8 Å². The van der Waals surface area contributed by atoms with E-state index in [0.717, 1.165) is 11.1 Å². The van der Waals surface area contributed by atoms with Crippen molar-refractivity contribution in [1.82, 2.24) is 10.3 Å². The van der Waals surface area contributed by atoms with Gasteiger partial charge in [0.2, 0.25) is 0 Å². The Kier molecular flexibility index (Phi) is 5.50. The number of hydrogen-bond donors (Lipinski definition) is 1. The van der Waals surface area contributed by atoms with Crippen LogP contribution in [0.2, 0.25) is 5.15 Å². The Bertz CT molecular complexity index is 1090. The normalized spacial score (nSPS) is 11.8. The average molecular weight is 403 g/mol. The Balaban J connectivity index is 1.35. The topological polar surface area (TPSA) is 51.2 Å². The first-order chi connectivity index (χ1) is 14.1. The van der Waals surface area contributed by atoms with Crippen LogP contribution in [0.1, 0.15) is 28.2 Å². The van der Waals surface area contributed by atoms with E-state index in [2.05, 4.69) is 46.4 Å². The van der Waals surface area contributed by atoms with Crippen molar-refractivity contribution in [2.24, 2.45) is 0 Å². The van der Waals surface area contributed by atoms with Crippen LogP contribution in [0, 0.1) is 18.8 Å². The Hall–Kier alpha value is -3.29. The van der Waals surface area contributed by atoms with E-state index >= 15 is 0 Å². The van der Waals surface area contributed by atoms with Gasteiger partial charge >= 0.3 is 6.09 Å². The molecule has 1 aliphatic carbocycles. The maximum absolute atomic E-state index is 12.1. The first kappa shape index (κ1) is 19.0. The SMILES string of the molecule is Cc1cc(Cl)ncc1C#CCNC(=O)OCC1c2ccccc2-c2ccccc21. The van der Waals surface area contributed by atoms with Gasteiger partial charge < -0.3 is 10.1 Å². The largest absolute Gasteiger partial charge is 0.449 e. The highest BCUT2D eigenvalue weighted by Crippen LogP contribution is 2.44. The van der Waals surface area contributed by atoms with Crippen molar-refractivity contribution in [2.75, 3.05) is 13.2 Å². The number of aryl methyl sites for hydroxylation is 1. The van der Waals surface area contributed by atoms with Crippen molar-refractivity contribution in [3.63, 3.8) is 0 Å². The molecule has 1 N–H and O–H groups in total. The van der Waals surface area contributed by atoms with E-state index in [1.54, 1.807) is 12.3 Å². The highest BCUT2D eigenvalue weighted by atomic mass is 35.5. The van der Waals surface area contributed by atoms with Gasteiger partial charge in [-0.15, -0.1) is 0 Å². The van der Waals surface area contributed by atoms with E-state index in [1.807, 2.05) is 31.2 Å². The molecule has 0 unspecified atom stereocenters. The standard InChI is InChI=1S/C24H19ClN2O2/c1-16-13-23(25)27-14-17(16)7-6-12-26-24(28)29-15-22-20-10-4-2-8-18(20)19-9-3-5-11-21(19)22/h2-5,8-11,13-14,22H,12,15H2,1H3,(H,26,28). The van der Waals surface area contributed by atoms with Gasteiger partial charge in [0.05, 0.1) is 6.54 Å². The van der Waals surface area contributed by atoms with E-state index in [0.29, 0.717) is 5.15 Å². The van der Waals surface area contributed by atoms with E-state index in [9.17, 15) is 4.79 Å². The van der Waals surface area contributed by atoms with Crippen LogP contribution in [0.25, 0.3) is 11.1 Å². The third-order valence-electron chi connectivity index (χ3n) is 4.97. The summed E-state index contributed by atoms with van der Waals surface area (Å²) < 4.78 is 5.48. The zero-order valence-electron chi connectivity index (χ0n) is 15.9. The fourth-order valence-corrected chi connectivity index (χ4v) is 3.77. The number of ether oxygens (including phenoxy) is 1. The molecular formula is C24H19ClN2O2. The molecule has 0 saturated carbocycles. The minimum absolute atomic E-state index is 0.0435. The number of pyridine rings is 1. The average Bonchev–Trinajstić information content (AvgIpc) is 3.05. The molecule has 1 aromatic heterocycles. The lowest BCUT2D eigenvalue weighted by atomic mass is 9.98. The van der Waals surface area contributed by atoms with Gasteiger partial charge in [0, 0.05) is 17.7 Å². The van der Waals surface area contributed by atoms with Crippen LogP contribution >= 0.6 is 11.6 Å². The van der Waals surface area contributed by atoms with Crippen molar-refractivity contribution in [1.29, 1.82) is 0 Å². The van der Waals surface area contributed by atoms with Crippen molar-refractivity contribution in [3.05, 3.63) is 88.2 Å². The summed E-state index contributed by atoms with van der Waals surface area (Å²) >= 11 is 5.84. The highest BCUT2D eigenvalue weighted by molar-refractivity contribution is 6.29. The van der Waals surface area contributed by atoms with Gasteiger partial charge in [0.25, 0.3) is 0 Å². The molecule has 0 atom stereocenters. The number of carbonyl (C=O) groups excluding carboxylic acids is 1. The predicted octanol–water partition coefficient (Wildman–Crippen LogP) is 4.93. The molecule has 3 aromatic rings. The maximum atomic E-state index is 12.1. The van der Waals surface area contributed by atoms with Crippen LogP contribution in [-0.4, -0.2) is 24.2 Å². The second kappa shape index (κ2) is 8.38. The third kappa shape index (κ3) is 4.11. The van der Waals surface area contributed by atoms with E-state index in [1.165, 1.54) is 22.3 Å². The number of halogens is 1. The van der Waals surface area contributed by atoms with Crippen LogP contribution in [0.15, 0.2) is 60.8 Å². The number of fused-ring (bicyclic) bond motifs is 3. The molecule has 0 spiro atoms. The molecule has 0 radical (unpaired) electrons. The summed E-state index contributed by atoms with van der Waals surface area (Å²) in [6, 6.07) is 18.2. The molecule has 29 heavy (non-hydrogen) atoms. The number of nitrogens with zero attached hydrogens (tertiary/aromatic N) is 1. The minimum Gasteiger partial charge on any atom is -0.449 e. The minimum atomic E-state index is -0.480. The number of rotatable bonds is 3. The first-order valence-electron chi connectivity index (χ1n) is 9.33. The summed E-state index contributed by atoms with van der Waals surface area (Å²) in [7, 11) is 0. The zero-order chi connectivity index (χ0) is 20.2.